The lowest BCUT2D eigenvalue weighted by Gasteiger charge is -2.37. The molecular formula is C20H32N4O2. The number of benzene rings is 1. The zero-order valence-electron chi connectivity index (χ0n) is 16.0. The Balaban J connectivity index is 1.40. The van der Waals surface area contributed by atoms with E-state index in [4.69, 9.17) is 4.74 Å². The summed E-state index contributed by atoms with van der Waals surface area (Å²) in [5, 5.41) is 2.95. The first-order chi connectivity index (χ1) is 12.7. The third-order valence-corrected chi connectivity index (χ3v) is 5.20. The zero-order chi connectivity index (χ0) is 18.2. The zero-order valence-corrected chi connectivity index (χ0v) is 16.0. The third-order valence-electron chi connectivity index (χ3n) is 5.20. The molecule has 2 saturated heterocycles. The van der Waals surface area contributed by atoms with E-state index >= 15 is 0 Å². The molecule has 0 saturated carbocycles. The second-order valence-electron chi connectivity index (χ2n) is 7.13. The predicted octanol–water partition coefficient (Wildman–Crippen LogP) is 1.88. The number of nitrogens with zero attached hydrogens (tertiary/aromatic N) is 3. The number of nitrogens with one attached hydrogen (secondary N) is 1. The first kappa shape index (κ1) is 19.1. The van der Waals surface area contributed by atoms with E-state index in [2.05, 4.69) is 32.1 Å². The van der Waals surface area contributed by atoms with Crippen molar-refractivity contribution in [2.45, 2.75) is 19.8 Å². The Bertz CT molecular complexity index is 549. The number of anilines is 2. The van der Waals surface area contributed by atoms with Crippen LogP contribution in [0.3, 0.4) is 0 Å². The number of hydrogen-bond donors (Lipinski definition) is 1. The normalized spacial score (nSPS) is 19.5. The van der Waals surface area contributed by atoms with Gasteiger partial charge in [0.1, 0.15) is 0 Å². The van der Waals surface area contributed by atoms with Gasteiger partial charge in [0.25, 0.3) is 0 Å². The van der Waals surface area contributed by atoms with E-state index in [0.717, 1.165) is 77.7 Å². The highest BCUT2D eigenvalue weighted by Crippen LogP contribution is 2.19. The van der Waals surface area contributed by atoms with Gasteiger partial charge in [-0.3, -0.25) is 14.6 Å². The molecule has 6 heteroatoms. The van der Waals surface area contributed by atoms with Crippen molar-refractivity contribution in [2.75, 3.05) is 75.8 Å². The summed E-state index contributed by atoms with van der Waals surface area (Å²) < 4.78 is 5.41. The Morgan fingerprint density at radius 1 is 0.962 bits per heavy atom. The molecule has 0 atom stereocenters. The lowest BCUT2D eigenvalue weighted by Crippen LogP contribution is -2.49. The number of hydrogen-bond acceptors (Lipinski definition) is 5. The molecule has 2 aliphatic heterocycles. The van der Waals surface area contributed by atoms with Gasteiger partial charge in [0.2, 0.25) is 5.91 Å². The molecule has 1 aromatic rings. The predicted molar refractivity (Wildman–Crippen MR) is 106 cm³/mol. The number of carbonyl (C=O) groups excluding carboxylic acids is 1. The van der Waals surface area contributed by atoms with Crippen molar-refractivity contribution in [1.29, 1.82) is 0 Å². The Morgan fingerprint density at radius 3 is 2.19 bits per heavy atom. The van der Waals surface area contributed by atoms with E-state index in [0.29, 0.717) is 6.42 Å². The second kappa shape index (κ2) is 9.90. The summed E-state index contributed by atoms with van der Waals surface area (Å²) in [6.45, 7) is 12.6. The van der Waals surface area contributed by atoms with Gasteiger partial charge in [0, 0.05) is 70.2 Å². The maximum absolute atomic E-state index is 11.7. The molecule has 2 aliphatic rings. The van der Waals surface area contributed by atoms with Crippen molar-refractivity contribution < 1.29 is 9.53 Å². The van der Waals surface area contributed by atoms with Crippen LogP contribution in [-0.2, 0) is 9.53 Å². The maximum atomic E-state index is 11.7. The summed E-state index contributed by atoms with van der Waals surface area (Å²) in [6.07, 6.45) is 1.45. The van der Waals surface area contributed by atoms with Gasteiger partial charge in [0.15, 0.2) is 0 Å². The molecule has 1 N–H and O–H groups in total. The number of carbonyl (C=O) groups is 1. The van der Waals surface area contributed by atoms with Crippen molar-refractivity contribution in [3.8, 4) is 0 Å². The van der Waals surface area contributed by atoms with Crippen LogP contribution in [0.2, 0.25) is 0 Å². The highest BCUT2D eigenvalue weighted by Gasteiger charge is 2.18. The van der Waals surface area contributed by atoms with E-state index in [1.807, 2.05) is 19.1 Å². The first-order valence-electron chi connectivity index (χ1n) is 9.92. The Morgan fingerprint density at radius 2 is 1.58 bits per heavy atom. The standard InChI is InChI=1S/C20H32N4O2/c1-2-3-20(25)21-18-4-6-19(7-5-18)24-12-10-22(11-13-24)8-9-23-14-16-26-17-15-23/h4-7H,2-3,8-17H2,1H3,(H,21,25). The molecule has 6 nitrogen and oxygen atoms in total. The summed E-state index contributed by atoms with van der Waals surface area (Å²) in [4.78, 5) is 19.2. The van der Waals surface area contributed by atoms with E-state index in [1.54, 1.807) is 0 Å². The number of amides is 1. The molecule has 3 rings (SSSR count). The van der Waals surface area contributed by atoms with Crippen LogP contribution in [0, 0.1) is 0 Å². The minimum atomic E-state index is 0.0918. The SMILES string of the molecule is CCCC(=O)Nc1ccc(N2CCN(CCN3CCOCC3)CC2)cc1. The summed E-state index contributed by atoms with van der Waals surface area (Å²) in [6, 6.07) is 8.25. The number of morpholine rings is 1. The molecule has 26 heavy (non-hydrogen) atoms. The van der Waals surface area contributed by atoms with E-state index in [1.165, 1.54) is 5.69 Å². The number of rotatable bonds is 7. The Kier molecular flexibility index (Phi) is 7.29. The molecule has 1 amide bonds. The van der Waals surface area contributed by atoms with Crippen LogP contribution in [0.25, 0.3) is 0 Å². The summed E-state index contributed by atoms with van der Waals surface area (Å²) in [5.41, 5.74) is 2.13. The fourth-order valence-corrected chi connectivity index (χ4v) is 3.54. The molecule has 2 fully saturated rings. The van der Waals surface area contributed by atoms with Gasteiger partial charge in [-0.05, 0) is 30.7 Å². The fraction of sp³-hybridized carbons (Fsp3) is 0.650. The minimum Gasteiger partial charge on any atom is -0.379 e. The molecule has 0 bridgehead atoms. The molecule has 0 radical (unpaired) electrons. The van der Waals surface area contributed by atoms with Crippen LogP contribution in [0.1, 0.15) is 19.8 Å². The summed E-state index contributed by atoms with van der Waals surface area (Å²) in [5.74, 6) is 0.0918. The molecule has 144 valence electrons. The molecule has 0 aromatic heterocycles. The third kappa shape index (κ3) is 5.69. The Hall–Kier alpha value is -1.63. The van der Waals surface area contributed by atoms with Crippen LogP contribution in [0.15, 0.2) is 24.3 Å². The first-order valence-corrected chi connectivity index (χ1v) is 9.92. The molecule has 0 spiro atoms. The minimum absolute atomic E-state index is 0.0918. The molecule has 1 aromatic carbocycles. The van der Waals surface area contributed by atoms with Crippen LogP contribution in [0.4, 0.5) is 11.4 Å². The number of ether oxygens (including phenoxy) is 1. The van der Waals surface area contributed by atoms with Crippen LogP contribution < -0.4 is 10.2 Å². The largest absolute Gasteiger partial charge is 0.379 e. The smallest absolute Gasteiger partial charge is 0.224 e. The quantitative estimate of drug-likeness (QED) is 0.805. The summed E-state index contributed by atoms with van der Waals surface area (Å²) >= 11 is 0. The molecule has 0 aliphatic carbocycles. The lowest BCUT2D eigenvalue weighted by atomic mass is 10.2. The van der Waals surface area contributed by atoms with Gasteiger partial charge in [-0.2, -0.15) is 0 Å². The van der Waals surface area contributed by atoms with Crippen LogP contribution in [0.5, 0.6) is 0 Å². The number of piperazine rings is 1. The van der Waals surface area contributed by atoms with Crippen molar-refractivity contribution in [2.24, 2.45) is 0 Å². The van der Waals surface area contributed by atoms with Crippen molar-refractivity contribution in [3.05, 3.63) is 24.3 Å². The van der Waals surface area contributed by atoms with Gasteiger partial charge < -0.3 is 15.0 Å². The average Bonchev–Trinajstić information content (AvgIpc) is 2.68. The highest BCUT2D eigenvalue weighted by molar-refractivity contribution is 5.90. The van der Waals surface area contributed by atoms with Gasteiger partial charge in [0.05, 0.1) is 13.2 Å². The van der Waals surface area contributed by atoms with Gasteiger partial charge in [-0.1, -0.05) is 6.92 Å². The van der Waals surface area contributed by atoms with E-state index in [-0.39, 0.29) is 5.91 Å². The second-order valence-corrected chi connectivity index (χ2v) is 7.13. The van der Waals surface area contributed by atoms with Gasteiger partial charge in [-0.15, -0.1) is 0 Å². The summed E-state index contributed by atoms with van der Waals surface area (Å²) in [7, 11) is 0. The molecule has 2 heterocycles. The van der Waals surface area contributed by atoms with Crippen molar-refractivity contribution in [3.63, 3.8) is 0 Å². The average molecular weight is 361 g/mol. The van der Waals surface area contributed by atoms with Crippen molar-refractivity contribution >= 4 is 17.3 Å². The maximum Gasteiger partial charge on any atom is 0.224 e. The Labute approximate surface area is 157 Å². The van der Waals surface area contributed by atoms with E-state index < -0.39 is 0 Å². The van der Waals surface area contributed by atoms with Crippen LogP contribution in [-0.4, -0.2) is 81.3 Å². The lowest BCUT2D eigenvalue weighted by molar-refractivity contribution is -0.116. The van der Waals surface area contributed by atoms with Crippen LogP contribution >= 0.6 is 0 Å². The highest BCUT2D eigenvalue weighted by atomic mass is 16.5. The van der Waals surface area contributed by atoms with E-state index in [9.17, 15) is 4.79 Å². The topological polar surface area (TPSA) is 48.1 Å². The monoisotopic (exact) mass is 360 g/mol. The molecular weight excluding hydrogens is 328 g/mol. The fourth-order valence-electron chi connectivity index (χ4n) is 3.54. The van der Waals surface area contributed by atoms with Gasteiger partial charge in [-0.25, -0.2) is 0 Å². The van der Waals surface area contributed by atoms with Gasteiger partial charge >= 0.3 is 0 Å². The molecule has 0 unspecified atom stereocenters. The van der Waals surface area contributed by atoms with Crippen molar-refractivity contribution in [1.82, 2.24) is 9.80 Å².